The molecule has 2 heterocycles. The maximum Gasteiger partial charge on any atom is 0.433 e. The Labute approximate surface area is 131 Å². The first-order chi connectivity index (χ1) is 10.8. The van der Waals surface area contributed by atoms with Crippen LogP contribution < -0.4 is 21.5 Å². The fourth-order valence-corrected chi connectivity index (χ4v) is 2.39. The topological polar surface area (TPSA) is 103 Å². The van der Waals surface area contributed by atoms with Gasteiger partial charge < -0.3 is 10.6 Å². The van der Waals surface area contributed by atoms with E-state index in [2.05, 4.69) is 26.9 Å². The van der Waals surface area contributed by atoms with E-state index < -0.39 is 18.0 Å². The van der Waals surface area contributed by atoms with Gasteiger partial charge in [-0.2, -0.15) is 18.4 Å². The molecule has 126 valence electrons. The number of anilines is 1. The molecule has 2 rings (SSSR count). The summed E-state index contributed by atoms with van der Waals surface area (Å²) in [5.41, 5.74) is 10.5. The predicted molar refractivity (Wildman–Crippen MR) is 76.7 cm³/mol. The normalized spacial score (nSPS) is 24.4. The molecule has 3 atom stereocenters. The third-order valence-electron chi connectivity index (χ3n) is 3.69. The third-order valence-corrected chi connectivity index (χ3v) is 3.69. The van der Waals surface area contributed by atoms with Crippen LogP contribution in [0.5, 0.6) is 0 Å². The Balaban J connectivity index is 1.88. The quantitative estimate of drug-likeness (QED) is 0.727. The van der Waals surface area contributed by atoms with E-state index in [0.29, 0.717) is 19.4 Å². The summed E-state index contributed by atoms with van der Waals surface area (Å²) in [6.45, 7) is 0.465. The molecule has 4 N–H and O–H groups in total. The van der Waals surface area contributed by atoms with Gasteiger partial charge in [-0.15, -0.1) is 0 Å². The van der Waals surface area contributed by atoms with Crippen LogP contribution in [0.1, 0.15) is 18.5 Å². The number of hydrazine groups is 1. The van der Waals surface area contributed by atoms with Crippen molar-refractivity contribution >= 4 is 5.95 Å². The molecule has 0 saturated carbocycles. The number of nitrogens with two attached hydrogens (primary N) is 1. The van der Waals surface area contributed by atoms with Crippen LogP contribution in [-0.2, 0) is 6.18 Å². The van der Waals surface area contributed by atoms with E-state index in [1.165, 1.54) is 0 Å². The molecule has 0 aliphatic carbocycles. The highest BCUT2D eigenvalue weighted by Crippen LogP contribution is 2.28. The summed E-state index contributed by atoms with van der Waals surface area (Å²) in [6, 6.07) is 2.89. The van der Waals surface area contributed by atoms with Crippen molar-refractivity contribution in [3.8, 4) is 6.07 Å². The van der Waals surface area contributed by atoms with Gasteiger partial charge in [0, 0.05) is 25.8 Å². The summed E-state index contributed by atoms with van der Waals surface area (Å²) in [4.78, 5) is 8.94. The Morgan fingerprint density at radius 1 is 1.43 bits per heavy atom. The van der Waals surface area contributed by atoms with E-state index in [1.54, 1.807) is 11.9 Å². The van der Waals surface area contributed by atoms with Crippen LogP contribution in [0.3, 0.4) is 0 Å². The number of hydrogen-bond acceptors (Lipinski definition) is 7. The fourth-order valence-electron chi connectivity index (χ4n) is 2.39. The second kappa shape index (κ2) is 7.08. The first kappa shape index (κ1) is 17.4. The highest BCUT2D eigenvalue weighted by atomic mass is 19.4. The van der Waals surface area contributed by atoms with E-state index in [0.717, 1.165) is 12.3 Å². The van der Waals surface area contributed by atoms with Gasteiger partial charge in [0.25, 0.3) is 0 Å². The number of nitrogens with zero attached hydrogens (tertiary/aromatic N) is 4. The maximum atomic E-state index is 12.6. The Bertz CT molecular complexity index is 571. The number of alkyl halides is 3. The fraction of sp³-hybridized carbons (Fsp3) is 0.615. The van der Waals surface area contributed by atoms with Crippen LogP contribution in [0, 0.1) is 17.2 Å². The minimum atomic E-state index is -4.49. The number of hydrogen-bond donors (Lipinski definition) is 3. The molecule has 1 aliphatic heterocycles. The van der Waals surface area contributed by atoms with Crippen LogP contribution in [-0.4, -0.2) is 35.8 Å². The first-order valence-electron chi connectivity index (χ1n) is 7.10. The largest absolute Gasteiger partial charge is 0.433 e. The zero-order valence-corrected chi connectivity index (χ0v) is 12.5. The smallest absolute Gasteiger partial charge is 0.344 e. The summed E-state index contributed by atoms with van der Waals surface area (Å²) < 4.78 is 37.9. The standard InChI is InChI=1S/C13H18F3N7/c1-23(12-19-5-4-10(20-12)13(14,15)16)6-2-3-9-8(7-17)11(18)22-21-9/h4-5,8-9,11,21-22H,2-3,6,18H2,1H3. The molecule has 0 bridgehead atoms. The van der Waals surface area contributed by atoms with Crippen molar-refractivity contribution in [3.05, 3.63) is 18.0 Å². The van der Waals surface area contributed by atoms with Crippen molar-refractivity contribution in [3.63, 3.8) is 0 Å². The molecule has 1 aliphatic rings. The van der Waals surface area contributed by atoms with E-state index in [9.17, 15) is 13.2 Å². The first-order valence-corrected chi connectivity index (χ1v) is 7.10. The number of nitrogens with one attached hydrogen (secondary N) is 2. The lowest BCUT2D eigenvalue weighted by molar-refractivity contribution is -0.141. The molecule has 23 heavy (non-hydrogen) atoms. The summed E-state index contributed by atoms with van der Waals surface area (Å²) in [7, 11) is 1.63. The zero-order valence-electron chi connectivity index (χ0n) is 12.5. The van der Waals surface area contributed by atoms with Crippen molar-refractivity contribution in [1.29, 1.82) is 5.26 Å². The van der Waals surface area contributed by atoms with E-state index in [-0.39, 0.29) is 17.9 Å². The average molecular weight is 329 g/mol. The van der Waals surface area contributed by atoms with Gasteiger partial charge in [-0.05, 0) is 18.9 Å². The van der Waals surface area contributed by atoms with Gasteiger partial charge in [0.2, 0.25) is 5.95 Å². The van der Waals surface area contributed by atoms with Crippen LogP contribution in [0.15, 0.2) is 12.3 Å². The SMILES string of the molecule is CN(CCCC1NNC(N)C1C#N)c1nccc(C(F)(F)F)n1. The lowest BCUT2D eigenvalue weighted by Gasteiger charge is -2.19. The summed E-state index contributed by atoms with van der Waals surface area (Å²) in [5.74, 6) is -0.323. The van der Waals surface area contributed by atoms with E-state index >= 15 is 0 Å². The number of halogens is 3. The molecule has 1 aromatic rings. The van der Waals surface area contributed by atoms with Crippen molar-refractivity contribution in [1.82, 2.24) is 20.8 Å². The van der Waals surface area contributed by atoms with Crippen LogP contribution in [0.2, 0.25) is 0 Å². The molecule has 7 nitrogen and oxygen atoms in total. The van der Waals surface area contributed by atoms with Crippen LogP contribution >= 0.6 is 0 Å². The second-order valence-electron chi connectivity index (χ2n) is 5.38. The maximum absolute atomic E-state index is 12.6. The van der Waals surface area contributed by atoms with Crippen molar-refractivity contribution in [2.75, 3.05) is 18.5 Å². The molecule has 0 aromatic carbocycles. The van der Waals surface area contributed by atoms with Gasteiger partial charge in [0.15, 0.2) is 0 Å². The van der Waals surface area contributed by atoms with Gasteiger partial charge in [0.05, 0.1) is 18.2 Å². The number of rotatable bonds is 5. The minimum Gasteiger partial charge on any atom is -0.344 e. The lowest BCUT2D eigenvalue weighted by atomic mass is 9.97. The summed E-state index contributed by atoms with van der Waals surface area (Å²) in [6.07, 6.45) is -2.51. The van der Waals surface area contributed by atoms with Gasteiger partial charge in [0.1, 0.15) is 5.69 Å². The Hall–Kier alpha value is -1.96. The van der Waals surface area contributed by atoms with E-state index in [1.807, 2.05) is 0 Å². The highest BCUT2D eigenvalue weighted by Gasteiger charge is 2.34. The van der Waals surface area contributed by atoms with Crippen molar-refractivity contribution < 1.29 is 13.2 Å². The Morgan fingerprint density at radius 2 is 2.17 bits per heavy atom. The molecule has 0 amide bonds. The molecule has 10 heteroatoms. The second-order valence-corrected chi connectivity index (χ2v) is 5.38. The van der Waals surface area contributed by atoms with Gasteiger partial charge >= 0.3 is 6.18 Å². The van der Waals surface area contributed by atoms with Gasteiger partial charge in [-0.3, -0.25) is 5.43 Å². The molecular formula is C13H18F3N7. The van der Waals surface area contributed by atoms with Gasteiger partial charge in [-0.1, -0.05) is 0 Å². The summed E-state index contributed by atoms with van der Waals surface area (Å²) in [5, 5.41) is 9.05. The molecule has 0 radical (unpaired) electrons. The van der Waals surface area contributed by atoms with E-state index in [4.69, 9.17) is 11.0 Å². The minimum absolute atomic E-state index is 0.0193. The monoisotopic (exact) mass is 329 g/mol. The predicted octanol–water partition coefficient (Wildman–Crippen LogP) is 0.613. The highest BCUT2D eigenvalue weighted by molar-refractivity contribution is 5.29. The Morgan fingerprint density at radius 3 is 2.83 bits per heavy atom. The number of nitriles is 1. The molecule has 0 spiro atoms. The molecule has 1 aromatic heterocycles. The molecule has 1 saturated heterocycles. The van der Waals surface area contributed by atoms with Crippen molar-refractivity contribution in [2.24, 2.45) is 11.7 Å². The third kappa shape index (κ3) is 4.28. The lowest BCUT2D eigenvalue weighted by Crippen LogP contribution is -2.38. The summed E-state index contributed by atoms with van der Waals surface area (Å²) >= 11 is 0. The number of aromatic nitrogens is 2. The van der Waals surface area contributed by atoms with Crippen LogP contribution in [0.25, 0.3) is 0 Å². The van der Waals surface area contributed by atoms with Crippen LogP contribution in [0.4, 0.5) is 19.1 Å². The molecular weight excluding hydrogens is 311 g/mol. The molecule has 3 unspecified atom stereocenters. The average Bonchev–Trinajstić information content (AvgIpc) is 2.86. The van der Waals surface area contributed by atoms with Gasteiger partial charge in [-0.25, -0.2) is 15.4 Å². The molecule has 1 fully saturated rings. The van der Waals surface area contributed by atoms with Crippen molar-refractivity contribution in [2.45, 2.75) is 31.2 Å². The Kier molecular flexibility index (Phi) is 5.35. The zero-order chi connectivity index (χ0) is 17.0.